The van der Waals surface area contributed by atoms with Crippen LogP contribution in [-0.2, 0) is 33.6 Å². The fourth-order valence-electron chi connectivity index (χ4n) is 4.84. The van der Waals surface area contributed by atoms with Crippen LogP contribution in [0, 0.1) is 11.3 Å². The zero-order valence-electron chi connectivity index (χ0n) is 32.8. The van der Waals surface area contributed by atoms with Gasteiger partial charge >= 0.3 is 12.0 Å². The number of carbonyl (C=O) groups is 8. The van der Waals surface area contributed by atoms with Gasteiger partial charge < -0.3 is 46.6 Å². The molecule has 0 spiro atoms. The highest BCUT2D eigenvalue weighted by Crippen LogP contribution is 2.19. The van der Waals surface area contributed by atoms with E-state index in [1.54, 1.807) is 26.0 Å². The Morgan fingerprint density at radius 1 is 0.833 bits per heavy atom. The molecule has 0 bridgehead atoms. The standard InChI is InChI=1S/C37H59N7O10/c1-23(2)32(42-29(46)14-10-9-13-28(45)37(4,5)6)34(50)41-27(12-11-20-39-36(38)53)33(49)40-25-15-17-26(18-16-25)54-22-31(48)43(7)21-19-30(47)44(8)24(3)35(51)52/h15-18,23-24,27,32H,9-14,19-22H2,1-8H3,(H,40,49)(H,41,50)(H,42,46)(H,51,52)(H3,38,39,53)/t24-,27-,32-/m0/s1. The lowest BCUT2D eigenvalue weighted by Crippen LogP contribution is -2.54. The molecule has 17 nitrogen and oxygen atoms in total. The van der Waals surface area contributed by atoms with Crippen molar-refractivity contribution in [1.82, 2.24) is 25.8 Å². The van der Waals surface area contributed by atoms with Crippen molar-refractivity contribution >= 4 is 53.0 Å². The van der Waals surface area contributed by atoms with Crippen LogP contribution in [0.15, 0.2) is 24.3 Å². The number of likely N-dealkylation sites (N-methyl/N-ethyl adjacent to an activating group) is 2. The van der Waals surface area contributed by atoms with Crippen molar-refractivity contribution in [3.63, 3.8) is 0 Å². The molecule has 0 aliphatic rings. The molecule has 1 aromatic rings. The summed E-state index contributed by atoms with van der Waals surface area (Å²) in [6.07, 6.45) is 1.89. The number of rotatable bonds is 23. The van der Waals surface area contributed by atoms with E-state index in [4.69, 9.17) is 15.6 Å². The Morgan fingerprint density at radius 3 is 2.00 bits per heavy atom. The number of anilines is 1. The Bertz CT molecular complexity index is 1460. The minimum Gasteiger partial charge on any atom is -0.484 e. The lowest BCUT2D eigenvalue weighted by atomic mass is 9.88. The molecule has 0 aliphatic heterocycles. The molecule has 7 amide bonds. The largest absolute Gasteiger partial charge is 0.484 e. The summed E-state index contributed by atoms with van der Waals surface area (Å²) in [5, 5.41) is 19.7. The van der Waals surface area contributed by atoms with Crippen LogP contribution >= 0.6 is 0 Å². The summed E-state index contributed by atoms with van der Waals surface area (Å²) in [6.45, 7) is 10.3. The Balaban J connectivity index is 2.82. The normalized spacial score (nSPS) is 12.8. The third-order valence-electron chi connectivity index (χ3n) is 8.66. The van der Waals surface area contributed by atoms with Gasteiger partial charge in [0.15, 0.2) is 6.61 Å². The van der Waals surface area contributed by atoms with Crippen LogP contribution in [0.4, 0.5) is 10.5 Å². The molecule has 0 unspecified atom stereocenters. The highest BCUT2D eigenvalue weighted by molar-refractivity contribution is 5.98. The van der Waals surface area contributed by atoms with Crippen molar-refractivity contribution in [3.8, 4) is 5.75 Å². The van der Waals surface area contributed by atoms with Crippen LogP contribution in [0.25, 0.3) is 0 Å². The molecule has 0 aromatic heterocycles. The number of aliphatic carboxylic acids is 1. The van der Waals surface area contributed by atoms with Crippen molar-refractivity contribution < 1.29 is 48.2 Å². The van der Waals surface area contributed by atoms with Crippen LogP contribution < -0.4 is 31.7 Å². The minimum atomic E-state index is -1.14. The number of Topliss-reactive ketones (excluding diaryl/α,β-unsaturated/α-hetero) is 1. The Kier molecular flexibility index (Phi) is 19.7. The SMILES string of the molecule is CC(C)[C@H](NC(=O)CCCCC(=O)C(C)(C)C)C(=O)N[C@@H](CCCNC(N)=O)C(=O)Nc1ccc(OCC(=O)N(C)CCC(=O)N(C)[C@@H](C)C(=O)O)cc1. The summed E-state index contributed by atoms with van der Waals surface area (Å²) in [5.41, 5.74) is 5.06. The van der Waals surface area contributed by atoms with Crippen LogP contribution in [-0.4, -0.2) is 114 Å². The second kappa shape index (κ2) is 22.8. The highest BCUT2D eigenvalue weighted by atomic mass is 16.5. The molecular formula is C37H59N7O10. The van der Waals surface area contributed by atoms with E-state index in [0.29, 0.717) is 37.1 Å². The van der Waals surface area contributed by atoms with Gasteiger partial charge in [-0.05, 0) is 62.8 Å². The number of nitrogens with one attached hydrogen (secondary N) is 4. The number of carboxylic acids is 1. The van der Waals surface area contributed by atoms with Crippen LogP contribution in [0.2, 0.25) is 0 Å². The van der Waals surface area contributed by atoms with E-state index < -0.39 is 59.2 Å². The fourth-order valence-corrected chi connectivity index (χ4v) is 4.84. The van der Waals surface area contributed by atoms with E-state index >= 15 is 0 Å². The number of ether oxygens (including phenoxy) is 1. The van der Waals surface area contributed by atoms with Gasteiger partial charge in [0.25, 0.3) is 5.91 Å². The molecule has 0 heterocycles. The lowest BCUT2D eigenvalue weighted by molar-refractivity contribution is -0.148. The molecule has 302 valence electrons. The smallest absolute Gasteiger partial charge is 0.326 e. The Morgan fingerprint density at radius 2 is 1.44 bits per heavy atom. The summed E-state index contributed by atoms with van der Waals surface area (Å²) in [4.78, 5) is 101. The zero-order valence-corrected chi connectivity index (χ0v) is 32.8. The van der Waals surface area contributed by atoms with E-state index in [1.165, 1.54) is 38.1 Å². The van der Waals surface area contributed by atoms with Gasteiger partial charge in [-0.25, -0.2) is 9.59 Å². The summed E-state index contributed by atoms with van der Waals surface area (Å²) in [6, 6.07) is 2.43. The van der Waals surface area contributed by atoms with Crippen molar-refractivity contribution in [2.75, 3.05) is 39.1 Å². The van der Waals surface area contributed by atoms with Gasteiger partial charge in [0, 0.05) is 57.5 Å². The Labute approximate surface area is 317 Å². The highest BCUT2D eigenvalue weighted by Gasteiger charge is 2.29. The van der Waals surface area contributed by atoms with E-state index in [0.717, 1.165) is 4.90 Å². The summed E-state index contributed by atoms with van der Waals surface area (Å²) in [5.74, 6) is -3.32. The van der Waals surface area contributed by atoms with Gasteiger partial charge in [0.2, 0.25) is 23.6 Å². The number of primary amides is 1. The maximum absolute atomic E-state index is 13.4. The first kappa shape index (κ1) is 46.8. The molecule has 1 rings (SSSR count). The van der Waals surface area contributed by atoms with E-state index in [1.807, 2.05) is 20.8 Å². The van der Waals surface area contributed by atoms with Crippen molar-refractivity contribution in [2.45, 2.75) is 105 Å². The number of hydrogen-bond acceptors (Lipinski definition) is 9. The fraction of sp³-hybridized carbons (Fsp3) is 0.622. The second-order valence-electron chi connectivity index (χ2n) is 14.6. The lowest BCUT2D eigenvalue weighted by Gasteiger charge is -2.25. The number of carboxylic acid groups (broad SMARTS) is 1. The summed E-state index contributed by atoms with van der Waals surface area (Å²) in [7, 11) is 2.88. The van der Waals surface area contributed by atoms with Gasteiger partial charge in [-0.1, -0.05) is 34.6 Å². The maximum atomic E-state index is 13.4. The number of nitrogens with zero attached hydrogens (tertiary/aromatic N) is 2. The van der Waals surface area contributed by atoms with Gasteiger partial charge in [-0.3, -0.25) is 28.8 Å². The molecule has 0 radical (unpaired) electrons. The first-order chi connectivity index (χ1) is 25.1. The molecular weight excluding hydrogens is 702 g/mol. The molecule has 0 aliphatic carbocycles. The molecule has 3 atom stereocenters. The molecule has 1 aromatic carbocycles. The Hall–Kier alpha value is -5.22. The first-order valence-corrected chi connectivity index (χ1v) is 18.1. The van der Waals surface area contributed by atoms with Gasteiger partial charge in [-0.2, -0.15) is 0 Å². The van der Waals surface area contributed by atoms with Crippen LogP contribution in [0.3, 0.4) is 0 Å². The van der Waals surface area contributed by atoms with Gasteiger partial charge in [0.1, 0.15) is 29.7 Å². The number of carbonyl (C=O) groups excluding carboxylic acids is 7. The van der Waals surface area contributed by atoms with Gasteiger partial charge in [-0.15, -0.1) is 0 Å². The van der Waals surface area contributed by atoms with Gasteiger partial charge in [0.05, 0.1) is 0 Å². The van der Waals surface area contributed by atoms with Crippen LogP contribution in [0.1, 0.15) is 86.5 Å². The summed E-state index contributed by atoms with van der Waals surface area (Å²) < 4.78 is 5.56. The van der Waals surface area contributed by atoms with E-state index in [9.17, 15) is 38.4 Å². The number of amides is 7. The monoisotopic (exact) mass is 761 g/mol. The number of benzene rings is 1. The zero-order chi connectivity index (χ0) is 41.2. The molecule has 0 saturated carbocycles. The minimum absolute atomic E-state index is 0.0598. The van der Waals surface area contributed by atoms with Crippen molar-refractivity contribution in [2.24, 2.45) is 17.1 Å². The molecule has 54 heavy (non-hydrogen) atoms. The molecule has 0 saturated heterocycles. The number of unbranched alkanes of at least 4 members (excludes halogenated alkanes) is 1. The molecule has 17 heteroatoms. The summed E-state index contributed by atoms with van der Waals surface area (Å²) >= 11 is 0. The molecule has 0 fully saturated rings. The predicted molar refractivity (Wildman–Crippen MR) is 201 cm³/mol. The number of urea groups is 1. The van der Waals surface area contributed by atoms with Crippen LogP contribution in [0.5, 0.6) is 5.75 Å². The quantitative estimate of drug-likeness (QED) is 0.0886. The average Bonchev–Trinajstić information content (AvgIpc) is 3.10. The number of nitrogens with two attached hydrogens (primary N) is 1. The van der Waals surface area contributed by atoms with E-state index in [-0.39, 0.29) is 56.6 Å². The van der Waals surface area contributed by atoms with Crippen molar-refractivity contribution in [1.29, 1.82) is 0 Å². The first-order valence-electron chi connectivity index (χ1n) is 18.1. The molecule has 7 N–H and O–H groups in total. The third kappa shape index (κ3) is 17.5. The second-order valence-corrected chi connectivity index (χ2v) is 14.6. The topological polar surface area (TPSA) is 247 Å². The van der Waals surface area contributed by atoms with Crippen molar-refractivity contribution in [3.05, 3.63) is 24.3 Å². The number of hydrogen-bond donors (Lipinski definition) is 6. The third-order valence-corrected chi connectivity index (χ3v) is 8.66. The predicted octanol–water partition coefficient (Wildman–Crippen LogP) is 2.03. The average molecular weight is 762 g/mol. The number of ketones is 1. The maximum Gasteiger partial charge on any atom is 0.326 e. The van der Waals surface area contributed by atoms with E-state index in [2.05, 4.69) is 21.3 Å².